The SMILES string of the molecule is CCc1cnc(Oc2ccc(N(C(=O)C3CCC(C)CC3)C(C)C)c(C(=O)O)c2)c(C(F)(F)F)c1. The molecule has 35 heavy (non-hydrogen) atoms. The highest BCUT2D eigenvalue weighted by Gasteiger charge is 2.36. The highest BCUT2D eigenvalue weighted by atomic mass is 19.4. The summed E-state index contributed by atoms with van der Waals surface area (Å²) in [5, 5.41) is 9.88. The third-order valence-electron chi connectivity index (χ3n) is 6.41. The fraction of sp³-hybridized carbons (Fsp3) is 0.500. The molecule has 0 bridgehead atoms. The topological polar surface area (TPSA) is 79.7 Å². The number of pyridine rings is 1. The number of benzene rings is 1. The Bertz CT molecular complexity index is 1080. The summed E-state index contributed by atoms with van der Waals surface area (Å²) in [5.74, 6) is -1.87. The van der Waals surface area contributed by atoms with Crippen LogP contribution < -0.4 is 9.64 Å². The Morgan fingerprint density at radius 2 is 1.83 bits per heavy atom. The van der Waals surface area contributed by atoms with Crippen molar-refractivity contribution in [2.45, 2.75) is 72.0 Å². The summed E-state index contributed by atoms with van der Waals surface area (Å²) in [6.07, 6.45) is 0.327. The fourth-order valence-electron chi connectivity index (χ4n) is 4.40. The quantitative estimate of drug-likeness (QED) is 0.464. The molecule has 1 aliphatic rings. The minimum Gasteiger partial charge on any atom is -0.478 e. The van der Waals surface area contributed by atoms with Crippen LogP contribution in [0.3, 0.4) is 0 Å². The molecule has 0 saturated heterocycles. The van der Waals surface area contributed by atoms with Crippen LogP contribution in [0.5, 0.6) is 11.6 Å². The van der Waals surface area contributed by atoms with Crippen LogP contribution in [0.15, 0.2) is 30.5 Å². The van der Waals surface area contributed by atoms with E-state index >= 15 is 0 Å². The second kappa shape index (κ2) is 10.7. The largest absolute Gasteiger partial charge is 0.478 e. The van der Waals surface area contributed by atoms with Gasteiger partial charge in [-0.1, -0.05) is 13.8 Å². The summed E-state index contributed by atoms with van der Waals surface area (Å²) < 4.78 is 46.1. The minimum absolute atomic E-state index is 0.115. The normalized spacial score (nSPS) is 18.4. The van der Waals surface area contributed by atoms with E-state index in [1.807, 2.05) is 0 Å². The maximum absolute atomic E-state index is 13.6. The van der Waals surface area contributed by atoms with Crippen LogP contribution in [0, 0.1) is 11.8 Å². The standard InChI is InChI=1S/C26H31F3N2O4/c1-5-17-12-21(26(27,28)29)23(30-14-17)35-19-10-11-22(20(13-19)25(33)34)31(15(2)3)24(32)18-8-6-16(4)7-9-18/h10-16,18H,5-9H2,1-4H3,(H,33,34). The minimum atomic E-state index is -4.69. The van der Waals surface area contributed by atoms with E-state index in [1.165, 1.54) is 23.2 Å². The number of aromatic carboxylic acids is 1. The third-order valence-corrected chi connectivity index (χ3v) is 6.41. The Balaban J connectivity index is 1.97. The summed E-state index contributed by atoms with van der Waals surface area (Å²) >= 11 is 0. The third kappa shape index (κ3) is 6.13. The summed E-state index contributed by atoms with van der Waals surface area (Å²) in [4.78, 5) is 30.8. The highest BCUT2D eigenvalue weighted by Crippen LogP contribution is 2.39. The molecule has 9 heteroatoms. The Morgan fingerprint density at radius 3 is 2.37 bits per heavy atom. The van der Waals surface area contributed by atoms with E-state index in [9.17, 15) is 27.9 Å². The molecule has 1 aliphatic carbocycles. The van der Waals surface area contributed by atoms with Gasteiger partial charge in [-0.2, -0.15) is 13.2 Å². The predicted molar refractivity (Wildman–Crippen MR) is 126 cm³/mol. The molecular weight excluding hydrogens is 461 g/mol. The lowest BCUT2D eigenvalue weighted by molar-refractivity contribution is -0.139. The van der Waals surface area contributed by atoms with E-state index in [4.69, 9.17) is 4.74 Å². The second-order valence-corrected chi connectivity index (χ2v) is 9.39. The molecular formula is C26H31F3N2O4. The van der Waals surface area contributed by atoms with Crippen molar-refractivity contribution in [2.24, 2.45) is 11.8 Å². The molecule has 0 unspecified atom stereocenters. The van der Waals surface area contributed by atoms with Crippen LogP contribution >= 0.6 is 0 Å². The molecule has 0 radical (unpaired) electrons. The van der Waals surface area contributed by atoms with Gasteiger partial charge in [-0.3, -0.25) is 4.79 Å². The molecule has 0 atom stereocenters. The number of aromatic nitrogens is 1. The fourth-order valence-corrected chi connectivity index (χ4v) is 4.40. The first-order chi connectivity index (χ1) is 16.4. The number of hydrogen-bond donors (Lipinski definition) is 1. The van der Waals surface area contributed by atoms with Crippen LogP contribution in [0.25, 0.3) is 0 Å². The number of ether oxygens (including phenoxy) is 1. The highest BCUT2D eigenvalue weighted by molar-refractivity contribution is 6.03. The van der Waals surface area contributed by atoms with Gasteiger partial charge in [0.15, 0.2) is 0 Å². The Morgan fingerprint density at radius 1 is 1.17 bits per heavy atom. The lowest BCUT2D eigenvalue weighted by Gasteiger charge is -2.34. The average Bonchev–Trinajstić information content (AvgIpc) is 2.79. The van der Waals surface area contributed by atoms with Crippen molar-refractivity contribution in [1.29, 1.82) is 0 Å². The number of amides is 1. The van der Waals surface area contributed by atoms with Gasteiger partial charge < -0.3 is 14.7 Å². The molecule has 1 aromatic heterocycles. The number of aryl methyl sites for hydroxylation is 1. The van der Waals surface area contributed by atoms with E-state index in [0.717, 1.165) is 37.8 Å². The maximum atomic E-state index is 13.6. The van der Waals surface area contributed by atoms with Crippen molar-refractivity contribution in [3.8, 4) is 11.6 Å². The number of rotatable bonds is 7. The van der Waals surface area contributed by atoms with Crippen molar-refractivity contribution >= 4 is 17.6 Å². The number of anilines is 1. The number of carboxylic acid groups (broad SMARTS) is 1. The van der Waals surface area contributed by atoms with Crippen LogP contribution in [0.1, 0.15) is 74.9 Å². The first-order valence-corrected chi connectivity index (χ1v) is 11.9. The van der Waals surface area contributed by atoms with Gasteiger partial charge in [-0.05, 0) is 81.7 Å². The monoisotopic (exact) mass is 492 g/mol. The Labute approximate surface area is 203 Å². The van der Waals surface area contributed by atoms with Crippen LogP contribution in [0.4, 0.5) is 18.9 Å². The molecule has 2 aromatic rings. The molecule has 1 aromatic carbocycles. The molecule has 3 rings (SSSR count). The van der Waals surface area contributed by atoms with Gasteiger partial charge in [0.1, 0.15) is 11.3 Å². The van der Waals surface area contributed by atoms with Crippen molar-refractivity contribution in [1.82, 2.24) is 4.98 Å². The molecule has 0 aliphatic heterocycles. The predicted octanol–water partition coefficient (Wildman–Crippen LogP) is 6.72. The molecule has 1 amide bonds. The molecule has 6 nitrogen and oxygen atoms in total. The summed E-state index contributed by atoms with van der Waals surface area (Å²) in [6.45, 7) is 7.46. The van der Waals surface area contributed by atoms with Crippen molar-refractivity contribution in [3.63, 3.8) is 0 Å². The zero-order valence-corrected chi connectivity index (χ0v) is 20.4. The Kier molecular flexibility index (Phi) is 8.07. The summed E-state index contributed by atoms with van der Waals surface area (Å²) in [6, 6.07) is 4.57. The lowest BCUT2D eigenvalue weighted by Crippen LogP contribution is -2.42. The van der Waals surface area contributed by atoms with Gasteiger partial charge in [0.25, 0.3) is 0 Å². The van der Waals surface area contributed by atoms with Crippen LogP contribution in [-0.2, 0) is 17.4 Å². The van der Waals surface area contributed by atoms with Crippen LogP contribution in [-0.4, -0.2) is 28.0 Å². The van der Waals surface area contributed by atoms with Gasteiger partial charge in [-0.15, -0.1) is 0 Å². The number of halogens is 3. The zero-order chi connectivity index (χ0) is 25.9. The maximum Gasteiger partial charge on any atom is 0.421 e. The van der Waals surface area contributed by atoms with Gasteiger partial charge in [0.2, 0.25) is 11.8 Å². The van der Waals surface area contributed by atoms with Crippen molar-refractivity contribution < 1.29 is 32.6 Å². The smallest absolute Gasteiger partial charge is 0.421 e. The number of carbonyl (C=O) groups excluding carboxylic acids is 1. The van der Waals surface area contributed by atoms with Gasteiger partial charge >= 0.3 is 12.1 Å². The summed E-state index contributed by atoms with van der Waals surface area (Å²) in [5.41, 5.74) is -0.681. The summed E-state index contributed by atoms with van der Waals surface area (Å²) in [7, 11) is 0. The van der Waals surface area contributed by atoms with E-state index in [0.29, 0.717) is 17.9 Å². The molecule has 0 spiro atoms. The number of carbonyl (C=O) groups is 2. The van der Waals surface area contributed by atoms with Crippen molar-refractivity contribution in [3.05, 3.63) is 47.2 Å². The Hall–Kier alpha value is -3.10. The number of nitrogens with zero attached hydrogens (tertiary/aromatic N) is 2. The number of hydrogen-bond acceptors (Lipinski definition) is 4. The van der Waals surface area contributed by atoms with E-state index in [1.54, 1.807) is 20.8 Å². The van der Waals surface area contributed by atoms with Crippen molar-refractivity contribution in [2.75, 3.05) is 4.90 Å². The second-order valence-electron chi connectivity index (χ2n) is 9.39. The van der Waals surface area contributed by atoms with Crippen LogP contribution in [0.2, 0.25) is 0 Å². The van der Waals surface area contributed by atoms with E-state index in [2.05, 4.69) is 11.9 Å². The van der Waals surface area contributed by atoms with Gasteiger partial charge in [0.05, 0.1) is 11.3 Å². The zero-order valence-electron chi connectivity index (χ0n) is 20.4. The van der Waals surface area contributed by atoms with Gasteiger partial charge in [-0.25, -0.2) is 9.78 Å². The molecule has 190 valence electrons. The number of alkyl halides is 3. The number of carboxylic acids is 1. The molecule has 1 heterocycles. The van der Waals surface area contributed by atoms with E-state index < -0.39 is 23.6 Å². The average molecular weight is 493 g/mol. The first-order valence-electron chi connectivity index (χ1n) is 11.9. The van der Waals surface area contributed by atoms with E-state index in [-0.39, 0.29) is 34.9 Å². The van der Waals surface area contributed by atoms with Gasteiger partial charge in [0, 0.05) is 18.2 Å². The molecule has 1 saturated carbocycles. The molecule has 1 N–H and O–H groups in total. The molecule has 1 fully saturated rings. The lowest BCUT2D eigenvalue weighted by atomic mass is 9.82. The first kappa shape index (κ1) is 26.5.